The van der Waals surface area contributed by atoms with Crippen LogP contribution in [0.2, 0.25) is 0 Å². The van der Waals surface area contributed by atoms with Gasteiger partial charge in [-0.3, -0.25) is 0 Å². The summed E-state index contributed by atoms with van der Waals surface area (Å²) in [7, 11) is 0. The van der Waals surface area contributed by atoms with E-state index in [2.05, 4.69) is 5.16 Å². The number of nitrogens with zero attached hydrogens (tertiary/aromatic N) is 1. The van der Waals surface area contributed by atoms with Crippen LogP contribution in [0.3, 0.4) is 0 Å². The van der Waals surface area contributed by atoms with Crippen molar-refractivity contribution in [3.05, 3.63) is 0 Å². The van der Waals surface area contributed by atoms with E-state index in [0.29, 0.717) is 5.92 Å². The molecule has 0 unspecified atom stereocenters. The number of carbonyl (C=O) groups is 1. The molecule has 2 bridgehead atoms. The Hall–Kier alpha value is -1.06. The summed E-state index contributed by atoms with van der Waals surface area (Å²) in [6.45, 7) is -0.319. The fourth-order valence-electron chi connectivity index (χ4n) is 2.44. The van der Waals surface area contributed by atoms with Gasteiger partial charge < -0.3 is 9.94 Å². The molecule has 3 aliphatic carbocycles. The average molecular weight is 197 g/mol. The molecule has 0 saturated heterocycles. The molecule has 3 fully saturated rings. The van der Waals surface area contributed by atoms with E-state index >= 15 is 0 Å². The van der Waals surface area contributed by atoms with Crippen molar-refractivity contribution in [3.8, 4) is 0 Å². The normalized spacial score (nSPS) is 33.3. The van der Waals surface area contributed by atoms with E-state index < -0.39 is 5.97 Å². The molecule has 4 heteroatoms. The molecule has 3 saturated carbocycles. The van der Waals surface area contributed by atoms with Crippen molar-refractivity contribution in [2.24, 2.45) is 17.0 Å². The molecule has 0 radical (unpaired) electrons. The third-order valence-corrected chi connectivity index (χ3v) is 3.19. The maximum absolute atomic E-state index is 10.2. The molecule has 0 aromatic carbocycles. The maximum atomic E-state index is 10.2. The van der Waals surface area contributed by atoms with Gasteiger partial charge in [0.2, 0.25) is 6.61 Å². The van der Waals surface area contributed by atoms with Gasteiger partial charge in [0.1, 0.15) is 0 Å². The molecular formula is C10H15NO3. The van der Waals surface area contributed by atoms with Gasteiger partial charge in [-0.15, -0.1) is 0 Å². The van der Waals surface area contributed by atoms with Crippen molar-refractivity contribution in [3.63, 3.8) is 0 Å². The topological polar surface area (TPSA) is 58.9 Å². The predicted molar refractivity (Wildman–Crippen MR) is 51.1 cm³/mol. The number of hydrogen-bond donors (Lipinski definition) is 1. The van der Waals surface area contributed by atoms with Crippen LogP contribution in [0.5, 0.6) is 0 Å². The minimum Gasteiger partial charge on any atom is -0.479 e. The third kappa shape index (κ3) is 2.05. The second-order valence-corrected chi connectivity index (χ2v) is 4.17. The summed E-state index contributed by atoms with van der Waals surface area (Å²) < 4.78 is 0. The van der Waals surface area contributed by atoms with Crippen LogP contribution in [0.4, 0.5) is 0 Å². The Bertz CT molecular complexity index is 254. The zero-order valence-electron chi connectivity index (χ0n) is 8.11. The molecule has 4 nitrogen and oxygen atoms in total. The number of carboxylic acid groups (broad SMARTS) is 1. The highest BCUT2D eigenvalue weighted by Gasteiger charge is 2.32. The minimum atomic E-state index is -0.963. The molecule has 0 aromatic rings. The Morgan fingerprint density at radius 3 is 2.64 bits per heavy atom. The predicted octanol–water partition coefficient (Wildman–Crippen LogP) is 1.65. The lowest BCUT2D eigenvalue weighted by molar-refractivity contribution is -0.142. The first-order valence-electron chi connectivity index (χ1n) is 5.16. The van der Waals surface area contributed by atoms with E-state index in [4.69, 9.17) is 9.94 Å². The maximum Gasteiger partial charge on any atom is 0.344 e. The molecule has 78 valence electrons. The van der Waals surface area contributed by atoms with Crippen molar-refractivity contribution in [2.75, 3.05) is 6.61 Å². The van der Waals surface area contributed by atoms with Crippen molar-refractivity contribution >= 4 is 11.7 Å². The van der Waals surface area contributed by atoms with Gasteiger partial charge >= 0.3 is 5.97 Å². The van der Waals surface area contributed by atoms with Crippen LogP contribution in [0.15, 0.2) is 5.16 Å². The molecule has 1 N–H and O–H groups in total. The Morgan fingerprint density at radius 1 is 1.43 bits per heavy atom. The van der Waals surface area contributed by atoms with Gasteiger partial charge in [-0.2, -0.15) is 0 Å². The van der Waals surface area contributed by atoms with Crippen molar-refractivity contribution in [1.82, 2.24) is 0 Å². The Kier molecular flexibility index (Phi) is 2.70. The Morgan fingerprint density at radius 2 is 2.14 bits per heavy atom. The highest BCUT2D eigenvalue weighted by Crippen LogP contribution is 2.39. The van der Waals surface area contributed by atoms with E-state index in [1.165, 1.54) is 25.7 Å². The van der Waals surface area contributed by atoms with E-state index in [9.17, 15) is 4.79 Å². The molecule has 14 heavy (non-hydrogen) atoms. The van der Waals surface area contributed by atoms with Gasteiger partial charge in [0, 0.05) is 5.92 Å². The first kappa shape index (κ1) is 9.49. The quantitative estimate of drug-likeness (QED) is 0.700. The van der Waals surface area contributed by atoms with Gasteiger partial charge in [-0.25, -0.2) is 4.79 Å². The highest BCUT2D eigenvalue weighted by molar-refractivity contribution is 5.88. The number of fused-ring (bicyclic) bond motifs is 3. The lowest BCUT2D eigenvalue weighted by Crippen LogP contribution is -2.31. The van der Waals surface area contributed by atoms with Crippen LogP contribution >= 0.6 is 0 Å². The van der Waals surface area contributed by atoms with Gasteiger partial charge in [0.25, 0.3) is 0 Å². The number of rotatable bonds is 3. The number of aliphatic carboxylic acids is 1. The summed E-state index contributed by atoms with van der Waals surface area (Å²) in [5, 5.41) is 12.3. The molecule has 0 spiro atoms. The molecule has 0 heterocycles. The SMILES string of the molecule is O=C(O)CO/N=C1/CC2CCC1CC2. The van der Waals surface area contributed by atoms with Crippen LogP contribution < -0.4 is 0 Å². The summed E-state index contributed by atoms with van der Waals surface area (Å²) in [6.07, 6.45) is 6.05. The molecule has 0 atom stereocenters. The molecule has 0 aliphatic heterocycles. The van der Waals surface area contributed by atoms with Crippen LogP contribution in [0.1, 0.15) is 32.1 Å². The molecular weight excluding hydrogens is 182 g/mol. The van der Waals surface area contributed by atoms with Crippen LogP contribution in [0.25, 0.3) is 0 Å². The zero-order chi connectivity index (χ0) is 9.97. The fraction of sp³-hybridized carbons (Fsp3) is 0.800. The van der Waals surface area contributed by atoms with E-state index in [0.717, 1.165) is 18.1 Å². The summed E-state index contributed by atoms with van der Waals surface area (Å²) in [6, 6.07) is 0. The highest BCUT2D eigenvalue weighted by atomic mass is 16.6. The second kappa shape index (κ2) is 3.98. The fourth-order valence-corrected chi connectivity index (χ4v) is 2.44. The van der Waals surface area contributed by atoms with E-state index in [1.807, 2.05) is 0 Å². The Balaban J connectivity index is 1.88. The molecule has 3 aliphatic rings. The molecule has 0 amide bonds. The second-order valence-electron chi connectivity index (χ2n) is 4.17. The van der Waals surface area contributed by atoms with Gasteiger partial charge in [0.05, 0.1) is 5.71 Å². The van der Waals surface area contributed by atoms with Crippen LogP contribution in [-0.2, 0) is 9.63 Å². The monoisotopic (exact) mass is 197 g/mol. The zero-order valence-corrected chi connectivity index (χ0v) is 8.11. The summed E-state index contributed by atoms with van der Waals surface area (Å²) >= 11 is 0. The molecule has 3 rings (SSSR count). The average Bonchev–Trinajstić information content (AvgIpc) is 2.19. The van der Waals surface area contributed by atoms with E-state index in [1.54, 1.807) is 0 Å². The number of carboxylic acids is 1. The van der Waals surface area contributed by atoms with Gasteiger partial charge in [-0.05, 0) is 38.0 Å². The summed E-state index contributed by atoms with van der Waals surface area (Å²) in [5.41, 5.74) is 1.09. The first-order chi connectivity index (χ1) is 6.75. The van der Waals surface area contributed by atoms with Crippen LogP contribution in [0, 0.1) is 11.8 Å². The summed E-state index contributed by atoms with van der Waals surface area (Å²) in [4.78, 5) is 15.0. The van der Waals surface area contributed by atoms with Crippen LogP contribution in [-0.4, -0.2) is 23.4 Å². The summed E-state index contributed by atoms with van der Waals surface area (Å²) in [5.74, 6) is 0.372. The lowest BCUT2D eigenvalue weighted by Gasteiger charge is -2.36. The molecule has 0 aromatic heterocycles. The number of hydrogen-bond acceptors (Lipinski definition) is 3. The van der Waals surface area contributed by atoms with Crippen molar-refractivity contribution in [1.29, 1.82) is 0 Å². The van der Waals surface area contributed by atoms with Crippen molar-refractivity contribution in [2.45, 2.75) is 32.1 Å². The van der Waals surface area contributed by atoms with E-state index in [-0.39, 0.29) is 6.61 Å². The number of oxime groups is 1. The van der Waals surface area contributed by atoms with Crippen molar-refractivity contribution < 1.29 is 14.7 Å². The largest absolute Gasteiger partial charge is 0.479 e. The van der Waals surface area contributed by atoms with Gasteiger partial charge in [-0.1, -0.05) is 5.16 Å². The smallest absolute Gasteiger partial charge is 0.344 e. The first-order valence-corrected chi connectivity index (χ1v) is 5.16. The standard InChI is InChI=1S/C10H15NO3/c12-10(13)6-14-11-9-5-7-1-3-8(9)4-2-7/h7-8H,1-6H2,(H,12,13)/b11-9-. The van der Waals surface area contributed by atoms with Gasteiger partial charge in [0.15, 0.2) is 0 Å². The third-order valence-electron chi connectivity index (χ3n) is 3.19. The lowest BCUT2D eigenvalue weighted by atomic mass is 9.70. The minimum absolute atomic E-state index is 0.319. The Labute approximate surface area is 82.9 Å².